The first-order valence-electron chi connectivity index (χ1n) is 8.73. The molecule has 1 aliphatic rings. The minimum absolute atomic E-state index is 0.549. The second-order valence-corrected chi connectivity index (χ2v) is 6.67. The summed E-state index contributed by atoms with van der Waals surface area (Å²) in [5, 5.41) is 6.84. The van der Waals surface area contributed by atoms with Gasteiger partial charge in [-0.15, -0.1) is 0 Å². The van der Waals surface area contributed by atoms with Crippen molar-refractivity contribution in [2.75, 3.05) is 10.6 Å². The molecule has 1 saturated carbocycles. The minimum Gasteiger partial charge on any atom is -0.367 e. The predicted molar refractivity (Wildman–Crippen MR) is 103 cm³/mol. The number of rotatable bonds is 5. The van der Waals surface area contributed by atoms with Crippen LogP contribution in [-0.4, -0.2) is 16.0 Å². The Labute approximate surface area is 148 Å². The quantitative estimate of drug-likeness (QED) is 0.685. The van der Waals surface area contributed by atoms with E-state index in [1.54, 1.807) is 0 Å². The van der Waals surface area contributed by atoms with Gasteiger partial charge >= 0.3 is 0 Å². The van der Waals surface area contributed by atoms with Crippen molar-refractivity contribution in [1.29, 1.82) is 0 Å². The highest BCUT2D eigenvalue weighted by Crippen LogP contribution is 2.28. The minimum atomic E-state index is 0.549. The van der Waals surface area contributed by atoms with Crippen molar-refractivity contribution >= 4 is 17.5 Å². The molecule has 0 bridgehead atoms. The molecule has 0 amide bonds. The smallest absolute Gasteiger partial charge is 0.229 e. The van der Waals surface area contributed by atoms with Gasteiger partial charge in [0, 0.05) is 23.4 Å². The van der Waals surface area contributed by atoms with Gasteiger partial charge in [0.15, 0.2) is 0 Å². The molecule has 4 rings (SSSR count). The first-order chi connectivity index (χ1) is 12.2. The highest BCUT2D eigenvalue weighted by atomic mass is 15.2. The Balaban J connectivity index is 1.68. The van der Waals surface area contributed by atoms with Crippen molar-refractivity contribution < 1.29 is 0 Å². The Morgan fingerprint density at radius 2 is 1.68 bits per heavy atom. The van der Waals surface area contributed by atoms with E-state index in [9.17, 15) is 0 Å². The van der Waals surface area contributed by atoms with Crippen molar-refractivity contribution in [3.05, 3.63) is 65.7 Å². The number of hydrogen-bond acceptors (Lipinski definition) is 4. The summed E-state index contributed by atoms with van der Waals surface area (Å²) in [6.07, 6.45) is 2.43. The molecule has 2 N–H and O–H groups in total. The number of aromatic nitrogens is 2. The van der Waals surface area contributed by atoms with E-state index in [1.165, 1.54) is 24.0 Å². The fourth-order valence-electron chi connectivity index (χ4n) is 2.72. The highest BCUT2D eigenvalue weighted by molar-refractivity contribution is 5.66. The molecule has 4 heteroatoms. The van der Waals surface area contributed by atoms with Gasteiger partial charge in [-0.3, -0.25) is 0 Å². The third-order valence-electron chi connectivity index (χ3n) is 4.49. The lowest BCUT2D eigenvalue weighted by molar-refractivity contribution is 1.09. The van der Waals surface area contributed by atoms with E-state index in [1.807, 2.05) is 24.3 Å². The number of aryl methyl sites for hydroxylation is 2. The highest BCUT2D eigenvalue weighted by Gasteiger charge is 2.22. The lowest BCUT2D eigenvalue weighted by Gasteiger charge is -2.12. The molecule has 25 heavy (non-hydrogen) atoms. The molecule has 1 aromatic heterocycles. The summed E-state index contributed by atoms with van der Waals surface area (Å²) in [5.74, 6) is 1.50. The first-order valence-corrected chi connectivity index (χ1v) is 8.73. The molecule has 0 atom stereocenters. The van der Waals surface area contributed by atoms with Crippen molar-refractivity contribution in [3.8, 4) is 11.3 Å². The van der Waals surface area contributed by atoms with Crippen LogP contribution in [0, 0.1) is 13.8 Å². The van der Waals surface area contributed by atoms with Gasteiger partial charge in [0.25, 0.3) is 0 Å². The summed E-state index contributed by atoms with van der Waals surface area (Å²) in [6, 6.07) is 19.1. The molecule has 126 valence electrons. The zero-order valence-electron chi connectivity index (χ0n) is 14.6. The van der Waals surface area contributed by atoms with Crippen LogP contribution in [0.15, 0.2) is 54.6 Å². The molecule has 1 heterocycles. The maximum atomic E-state index is 4.72. The fourth-order valence-corrected chi connectivity index (χ4v) is 2.72. The molecule has 0 unspecified atom stereocenters. The fraction of sp³-hybridized carbons (Fsp3) is 0.238. The van der Waals surface area contributed by atoms with Crippen LogP contribution < -0.4 is 10.6 Å². The Bertz CT molecular complexity index is 886. The largest absolute Gasteiger partial charge is 0.367 e. The maximum Gasteiger partial charge on any atom is 0.229 e. The number of anilines is 3. The van der Waals surface area contributed by atoms with Gasteiger partial charge in [-0.2, -0.15) is 4.98 Å². The first kappa shape index (κ1) is 15.6. The monoisotopic (exact) mass is 330 g/mol. The molecular formula is C21H22N4. The van der Waals surface area contributed by atoms with Crippen LogP contribution in [-0.2, 0) is 0 Å². The van der Waals surface area contributed by atoms with E-state index in [0.29, 0.717) is 12.0 Å². The third kappa shape index (κ3) is 3.79. The van der Waals surface area contributed by atoms with Crippen LogP contribution in [0.2, 0.25) is 0 Å². The second-order valence-electron chi connectivity index (χ2n) is 6.67. The lowest BCUT2D eigenvalue weighted by atomic mass is 10.1. The Morgan fingerprint density at radius 3 is 2.40 bits per heavy atom. The topological polar surface area (TPSA) is 49.8 Å². The van der Waals surface area contributed by atoms with Crippen molar-refractivity contribution in [2.45, 2.75) is 32.7 Å². The number of hydrogen-bond donors (Lipinski definition) is 2. The zero-order chi connectivity index (χ0) is 17.2. The van der Waals surface area contributed by atoms with E-state index in [-0.39, 0.29) is 0 Å². The average Bonchev–Trinajstić information content (AvgIpc) is 3.43. The molecule has 0 spiro atoms. The SMILES string of the molecule is Cc1ccc(Nc2nc(NC3CC3)cc(-c3ccccc3)n2)cc1C. The molecule has 0 aliphatic heterocycles. The molecule has 4 nitrogen and oxygen atoms in total. The molecule has 1 fully saturated rings. The number of nitrogens with one attached hydrogen (secondary N) is 2. The zero-order valence-corrected chi connectivity index (χ0v) is 14.6. The van der Waals surface area contributed by atoms with Crippen LogP contribution >= 0.6 is 0 Å². The Morgan fingerprint density at radius 1 is 0.880 bits per heavy atom. The summed E-state index contributed by atoms with van der Waals surface area (Å²) in [6.45, 7) is 4.23. The van der Waals surface area contributed by atoms with Crippen LogP contribution in [0.4, 0.5) is 17.5 Å². The summed E-state index contributed by atoms with van der Waals surface area (Å²) >= 11 is 0. The summed E-state index contributed by atoms with van der Waals surface area (Å²) in [7, 11) is 0. The lowest BCUT2D eigenvalue weighted by Crippen LogP contribution is -2.07. The summed E-state index contributed by atoms with van der Waals surface area (Å²) in [5.41, 5.74) is 5.55. The van der Waals surface area contributed by atoms with E-state index < -0.39 is 0 Å². The molecule has 0 saturated heterocycles. The second kappa shape index (κ2) is 6.55. The van der Waals surface area contributed by atoms with Crippen molar-refractivity contribution in [2.24, 2.45) is 0 Å². The average molecular weight is 330 g/mol. The molecule has 3 aromatic rings. The van der Waals surface area contributed by atoms with Gasteiger partial charge in [0.2, 0.25) is 5.95 Å². The van der Waals surface area contributed by atoms with Crippen LogP contribution in [0.3, 0.4) is 0 Å². The van der Waals surface area contributed by atoms with Gasteiger partial charge in [-0.25, -0.2) is 4.98 Å². The van der Waals surface area contributed by atoms with E-state index in [0.717, 1.165) is 22.8 Å². The third-order valence-corrected chi connectivity index (χ3v) is 4.49. The predicted octanol–water partition coefficient (Wildman–Crippen LogP) is 5.08. The standard InChI is InChI=1S/C21H22N4/c1-14-8-9-18(12-15(14)2)23-21-24-19(16-6-4-3-5-7-16)13-20(25-21)22-17-10-11-17/h3-9,12-13,17H,10-11H2,1-2H3,(H2,22,23,24,25). The van der Waals surface area contributed by atoms with Gasteiger partial charge in [-0.1, -0.05) is 36.4 Å². The van der Waals surface area contributed by atoms with E-state index in [4.69, 9.17) is 4.98 Å². The van der Waals surface area contributed by atoms with Crippen LogP contribution in [0.25, 0.3) is 11.3 Å². The van der Waals surface area contributed by atoms with Gasteiger partial charge in [-0.05, 0) is 49.9 Å². The van der Waals surface area contributed by atoms with E-state index >= 15 is 0 Å². The number of nitrogens with zero attached hydrogens (tertiary/aromatic N) is 2. The summed E-state index contributed by atoms with van der Waals surface area (Å²) < 4.78 is 0. The van der Waals surface area contributed by atoms with Crippen LogP contribution in [0.1, 0.15) is 24.0 Å². The van der Waals surface area contributed by atoms with Crippen molar-refractivity contribution in [3.63, 3.8) is 0 Å². The molecule has 0 radical (unpaired) electrons. The van der Waals surface area contributed by atoms with Crippen molar-refractivity contribution in [1.82, 2.24) is 9.97 Å². The molecular weight excluding hydrogens is 308 g/mol. The van der Waals surface area contributed by atoms with E-state index in [2.05, 4.69) is 59.8 Å². The Hall–Kier alpha value is -2.88. The number of benzene rings is 2. The maximum absolute atomic E-state index is 4.72. The Kier molecular flexibility index (Phi) is 4.10. The van der Waals surface area contributed by atoms with Gasteiger partial charge in [0.05, 0.1) is 5.69 Å². The van der Waals surface area contributed by atoms with Gasteiger partial charge < -0.3 is 10.6 Å². The van der Waals surface area contributed by atoms with Crippen LogP contribution in [0.5, 0.6) is 0 Å². The normalized spacial score (nSPS) is 13.5. The van der Waals surface area contributed by atoms with Gasteiger partial charge in [0.1, 0.15) is 5.82 Å². The summed E-state index contributed by atoms with van der Waals surface area (Å²) in [4.78, 5) is 9.37. The molecule has 1 aliphatic carbocycles. The molecule has 2 aromatic carbocycles.